The predicted octanol–water partition coefficient (Wildman–Crippen LogP) is 5.18. The van der Waals surface area contributed by atoms with Gasteiger partial charge >= 0.3 is 5.97 Å². The number of benzene rings is 2. The van der Waals surface area contributed by atoms with Crippen LogP contribution >= 0.6 is 0 Å². The molecule has 0 atom stereocenters. The number of carbonyl (C=O) groups excluding carboxylic acids is 2. The monoisotopic (exact) mass is 400 g/mol. The highest BCUT2D eigenvalue weighted by Crippen LogP contribution is 2.23. The molecule has 1 N–H and O–H groups in total. The number of ketones is 1. The normalized spacial score (nSPS) is 11.0. The zero-order chi connectivity index (χ0) is 21.3. The molecule has 0 spiro atoms. The zero-order valence-electron chi connectivity index (χ0n) is 17.4. The second-order valence-corrected chi connectivity index (χ2v) is 7.39. The second-order valence-electron chi connectivity index (χ2n) is 7.39. The Balaban J connectivity index is 1.45. The number of aromatic amines is 1. The van der Waals surface area contributed by atoms with Gasteiger partial charge in [0, 0.05) is 39.7 Å². The molecule has 4 rings (SSSR count). The Bertz CT molecular complexity index is 1210. The van der Waals surface area contributed by atoms with E-state index in [4.69, 9.17) is 4.74 Å². The van der Waals surface area contributed by atoms with E-state index in [1.54, 1.807) is 18.3 Å². The largest absolute Gasteiger partial charge is 0.454 e. The smallest absolute Gasteiger partial charge is 0.338 e. The average molecular weight is 400 g/mol. The van der Waals surface area contributed by atoms with E-state index in [-0.39, 0.29) is 12.4 Å². The van der Waals surface area contributed by atoms with Crippen LogP contribution in [0.15, 0.2) is 60.8 Å². The van der Waals surface area contributed by atoms with E-state index >= 15 is 0 Å². The van der Waals surface area contributed by atoms with Gasteiger partial charge in [0.05, 0.1) is 5.56 Å². The van der Waals surface area contributed by atoms with Gasteiger partial charge in [-0.1, -0.05) is 25.1 Å². The first kappa shape index (κ1) is 19.7. The van der Waals surface area contributed by atoms with E-state index in [0.29, 0.717) is 11.1 Å². The highest BCUT2D eigenvalue weighted by Gasteiger charge is 2.16. The highest BCUT2D eigenvalue weighted by molar-refractivity contribution is 6.09. The number of nitrogens with one attached hydrogen (secondary N) is 1. The molecule has 0 saturated heterocycles. The second kappa shape index (κ2) is 8.03. The molecule has 152 valence electrons. The SMILES string of the molecule is CCc1cccc2c(C(=O)COC(=O)c3ccc(-n4c(C)ccc4C)cc3)c[nH]c12. The van der Waals surface area contributed by atoms with E-state index in [9.17, 15) is 9.59 Å². The number of carbonyl (C=O) groups is 2. The van der Waals surface area contributed by atoms with Crippen LogP contribution < -0.4 is 0 Å². The van der Waals surface area contributed by atoms with Gasteiger partial charge in [0.2, 0.25) is 5.78 Å². The van der Waals surface area contributed by atoms with Crippen molar-refractivity contribution in [3.05, 3.63) is 88.9 Å². The van der Waals surface area contributed by atoms with Crippen molar-refractivity contribution in [2.45, 2.75) is 27.2 Å². The van der Waals surface area contributed by atoms with E-state index in [2.05, 4.69) is 28.6 Å². The summed E-state index contributed by atoms with van der Waals surface area (Å²) >= 11 is 0. The van der Waals surface area contributed by atoms with Crippen LogP contribution in [0.25, 0.3) is 16.6 Å². The van der Waals surface area contributed by atoms with E-state index in [1.165, 1.54) is 0 Å². The average Bonchev–Trinajstić information content (AvgIpc) is 3.34. The van der Waals surface area contributed by atoms with Gasteiger partial charge in [-0.05, 0) is 62.2 Å². The summed E-state index contributed by atoms with van der Waals surface area (Å²) in [6.07, 6.45) is 2.56. The van der Waals surface area contributed by atoms with Crippen molar-refractivity contribution in [3.8, 4) is 5.69 Å². The van der Waals surface area contributed by atoms with Crippen molar-refractivity contribution in [2.75, 3.05) is 6.61 Å². The third-order valence-electron chi connectivity index (χ3n) is 5.45. The van der Waals surface area contributed by atoms with Gasteiger partial charge in [0.15, 0.2) is 6.61 Å². The number of fused-ring (bicyclic) bond motifs is 1. The van der Waals surface area contributed by atoms with E-state index in [1.807, 2.05) is 44.2 Å². The lowest BCUT2D eigenvalue weighted by atomic mass is 10.1. The number of ether oxygens (including phenoxy) is 1. The Hall–Kier alpha value is -3.60. The maximum atomic E-state index is 12.6. The molecule has 0 fully saturated rings. The Morgan fingerprint density at radius 3 is 2.33 bits per heavy atom. The Morgan fingerprint density at radius 2 is 1.67 bits per heavy atom. The van der Waals surface area contributed by atoms with Crippen molar-refractivity contribution in [1.29, 1.82) is 0 Å². The zero-order valence-corrected chi connectivity index (χ0v) is 17.4. The number of hydrogen-bond acceptors (Lipinski definition) is 3. The third-order valence-corrected chi connectivity index (χ3v) is 5.45. The van der Waals surface area contributed by atoms with Crippen molar-refractivity contribution >= 4 is 22.7 Å². The van der Waals surface area contributed by atoms with Gasteiger partial charge in [0.25, 0.3) is 0 Å². The highest BCUT2D eigenvalue weighted by atomic mass is 16.5. The molecule has 0 aliphatic carbocycles. The molecule has 30 heavy (non-hydrogen) atoms. The van der Waals surface area contributed by atoms with Gasteiger partial charge in [-0.2, -0.15) is 0 Å². The summed E-state index contributed by atoms with van der Waals surface area (Å²) in [7, 11) is 0. The minimum Gasteiger partial charge on any atom is -0.454 e. The molecule has 0 unspecified atom stereocenters. The summed E-state index contributed by atoms with van der Waals surface area (Å²) in [5.74, 6) is -0.733. The standard InChI is InChI=1S/C25H24N2O3/c1-4-18-6-5-7-21-22(14-26-24(18)21)23(28)15-30-25(29)19-10-12-20(13-11-19)27-16(2)8-9-17(27)3/h5-14,26H,4,15H2,1-3H3. The van der Waals surface area contributed by atoms with Gasteiger partial charge in [-0.15, -0.1) is 0 Å². The topological polar surface area (TPSA) is 64.1 Å². The molecule has 2 aromatic carbocycles. The van der Waals surface area contributed by atoms with Gasteiger partial charge in [-0.3, -0.25) is 4.79 Å². The molecule has 0 radical (unpaired) electrons. The summed E-state index contributed by atoms with van der Waals surface area (Å²) in [5, 5.41) is 0.859. The molecule has 0 saturated carbocycles. The first-order valence-electron chi connectivity index (χ1n) is 10.0. The third kappa shape index (κ3) is 3.54. The Kier molecular flexibility index (Phi) is 5.27. The lowest BCUT2D eigenvalue weighted by Crippen LogP contribution is -2.14. The fourth-order valence-corrected chi connectivity index (χ4v) is 3.86. The number of hydrogen-bond donors (Lipinski definition) is 1. The van der Waals surface area contributed by atoms with Crippen LogP contribution in [0.3, 0.4) is 0 Å². The minimum absolute atomic E-state index is 0.224. The predicted molar refractivity (Wildman–Crippen MR) is 118 cm³/mol. The maximum Gasteiger partial charge on any atom is 0.338 e. The number of esters is 1. The molecule has 5 nitrogen and oxygen atoms in total. The first-order chi connectivity index (χ1) is 14.5. The molecular formula is C25H24N2O3. The quantitative estimate of drug-likeness (QED) is 0.358. The fourth-order valence-electron chi connectivity index (χ4n) is 3.86. The van der Waals surface area contributed by atoms with Crippen LogP contribution in [0.5, 0.6) is 0 Å². The summed E-state index contributed by atoms with van der Waals surface area (Å²) in [5.41, 5.74) is 6.30. The molecule has 0 bridgehead atoms. The summed E-state index contributed by atoms with van der Waals surface area (Å²) in [4.78, 5) is 28.2. The molecule has 0 aliphatic heterocycles. The molecule has 2 heterocycles. The number of Topliss-reactive ketones (excluding diaryl/α,β-unsaturated/α-hetero) is 1. The van der Waals surface area contributed by atoms with Crippen LogP contribution in [0.4, 0.5) is 0 Å². The van der Waals surface area contributed by atoms with Crippen LogP contribution in [0.2, 0.25) is 0 Å². The van der Waals surface area contributed by atoms with E-state index < -0.39 is 5.97 Å². The van der Waals surface area contributed by atoms with Crippen molar-refractivity contribution in [2.24, 2.45) is 0 Å². The number of H-pyrrole nitrogens is 1. The molecule has 0 amide bonds. The molecule has 4 aromatic rings. The Morgan fingerprint density at radius 1 is 0.967 bits per heavy atom. The molecular weight excluding hydrogens is 376 g/mol. The Labute approximate surface area is 175 Å². The molecule has 5 heteroatoms. The number of para-hydroxylation sites is 1. The van der Waals surface area contributed by atoms with Gasteiger partial charge < -0.3 is 14.3 Å². The summed E-state index contributed by atoms with van der Waals surface area (Å²) < 4.78 is 7.40. The fraction of sp³-hybridized carbons (Fsp3) is 0.200. The van der Waals surface area contributed by atoms with Crippen LogP contribution in [0.1, 0.15) is 44.6 Å². The van der Waals surface area contributed by atoms with Crippen LogP contribution in [-0.2, 0) is 11.2 Å². The lowest BCUT2D eigenvalue weighted by Gasteiger charge is -2.10. The van der Waals surface area contributed by atoms with Crippen molar-refractivity contribution in [1.82, 2.24) is 9.55 Å². The summed E-state index contributed by atoms with van der Waals surface area (Å²) in [6.45, 7) is 5.85. The minimum atomic E-state index is -0.509. The number of aromatic nitrogens is 2. The van der Waals surface area contributed by atoms with Crippen LogP contribution in [-0.4, -0.2) is 27.9 Å². The van der Waals surface area contributed by atoms with Gasteiger partial charge in [-0.25, -0.2) is 4.79 Å². The number of nitrogens with zero attached hydrogens (tertiary/aromatic N) is 1. The molecule has 0 aliphatic rings. The van der Waals surface area contributed by atoms with Crippen molar-refractivity contribution in [3.63, 3.8) is 0 Å². The van der Waals surface area contributed by atoms with Gasteiger partial charge in [0.1, 0.15) is 0 Å². The number of aryl methyl sites for hydroxylation is 3. The van der Waals surface area contributed by atoms with Crippen molar-refractivity contribution < 1.29 is 14.3 Å². The lowest BCUT2D eigenvalue weighted by molar-refractivity contribution is 0.0475. The summed E-state index contributed by atoms with van der Waals surface area (Å²) in [6, 6.07) is 17.2. The maximum absolute atomic E-state index is 12.6. The van der Waals surface area contributed by atoms with E-state index in [0.717, 1.165) is 40.0 Å². The number of rotatable bonds is 6. The first-order valence-corrected chi connectivity index (χ1v) is 10.0. The van der Waals surface area contributed by atoms with Crippen LogP contribution in [0, 0.1) is 13.8 Å². The molecule has 2 aromatic heterocycles.